The van der Waals surface area contributed by atoms with Crippen molar-refractivity contribution in [3.8, 4) is 5.75 Å². The van der Waals surface area contributed by atoms with Crippen molar-refractivity contribution in [2.24, 2.45) is 0 Å². The summed E-state index contributed by atoms with van der Waals surface area (Å²) in [6.07, 6.45) is 0. The number of carbonyl (C=O) groups excluding carboxylic acids is 1. The molecule has 1 amide bonds. The number of hydrogen-bond acceptors (Lipinski definition) is 3. The second-order valence-electron chi connectivity index (χ2n) is 5.92. The van der Waals surface area contributed by atoms with Crippen LogP contribution >= 0.6 is 23.2 Å². The Hall–Kier alpha value is -2.37. The number of pyridine rings is 1. The number of likely N-dealkylation sites (N-methyl/N-ethyl adjacent to an activating group) is 1. The summed E-state index contributed by atoms with van der Waals surface area (Å²) in [5, 5.41) is 1.44. The van der Waals surface area contributed by atoms with Gasteiger partial charge in [-0.2, -0.15) is 0 Å². The number of halogens is 3. The number of ether oxygens (including phenoxy) is 1. The van der Waals surface area contributed by atoms with Gasteiger partial charge in [0.1, 0.15) is 11.3 Å². The van der Waals surface area contributed by atoms with Gasteiger partial charge in [0.05, 0.1) is 10.0 Å². The minimum absolute atomic E-state index is 0.239. The molecule has 0 spiro atoms. The van der Waals surface area contributed by atoms with E-state index in [1.807, 2.05) is 26.0 Å². The molecule has 1 heterocycles. The SMILES string of the molecule is CCN(C(=O)COc1c(Cl)cc(Cl)c2ccc(C)nc12)c1ccc(F)cc1. The lowest BCUT2D eigenvalue weighted by Gasteiger charge is -2.21. The molecule has 0 saturated carbocycles. The lowest BCUT2D eigenvalue weighted by molar-refractivity contribution is -0.120. The number of hydrogen-bond donors (Lipinski definition) is 0. The van der Waals surface area contributed by atoms with Crippen molar-refractivity contribution in [2.45, 2.75) is 13.8 Å². The quantitative estimate of drug-likeness (QED) is 0.567. The van der Waals surface area contributed by atoms with Crippen molar-refractivity contribution in [2.75, 3.05) is 18.1 Å². The van der Waals surface area contributed by atoms with Gasteiger partial charge in [0.2, 0.25) is 0 Å². The van der Waals surface area contributed by atoms with Gasteiger partial charge in [0, 0.05) is 23.3 Å². The molecule has 0 radical (unpaired) electrons. The smallest absolute Gasteiger partial charge is 0.264 e. The highest BCUT2D eigenvalue weighted by molar-refractivity contribution is 6.39. The minimum atomic E-state index is -0.362. The molecule has 7 heteroatoms. The van der Waals surface area contributed by atoms with Crippen molar-refractivity contribution < 1.29 is 13.9 Å². The number of nitrogens with zero attached hydrogens (tertiary/aromatic N) is 2. The van der Waals surface area contributed by atoms with Gasteiger partial charge in [-0.3, -0.25) is 4.79 Å². The lowest BCUT2D eigenvalue weighted by atomic mass is 10.2. The summed E-state index contributed by atoms with van der Waals surface area (Å²) in [5.41, 5.74) is 1.87. The van der Waals surface area contributed by atoms with Gasteiger partial charge in [-0.25, -0.2) is 9.37 Å². The Morgan fingerprint density at radius 3 is 2.52 bits per heavy atom. The second kappa shape index (κ2) is 8.11. The summed E-state index contributed by atoms with van der Waals surface area (Å²) in [4.78, 5) is 18.6. The first kappa shape index (κ1) is 19.4. The van der Waals surface area contributed by atoms with E-state index in [4.69, 9.17) is 27.9 Å². The molecule has 0 fully saturated rings. The average Bonchev–Trinajstić information content (AvgIpc) is 2.63. The Balaban J connectivity index is 1.86. The third kappa shape index (κ3) is 4.15. The number of benzene rings is 2. The Bertz CT molecular complexity index is 993. The second-order valence-corrected chi connectivity index (χ2v) is 6.74. The number of aromatic nitrogens is 1. The first-order valence-electron chi connectivity index (χ1n) is 8.34. The number of carbonyl (C=O) groups is 1. The van der Waals surface area contributed by atoms with Gasteiger partial charge >= 0.3 is 0 Å². The van der Waals surface area contributed by atoms with E-state index in [1.165, 1.54) is 17.0 Å². The Kier molecular flexibility index (Phi) is 5.82. The predicted molar refractivity (Wildman–Crippen MR) is 106 cm³/mol. The van der Waals surface area contributed by atoms with Crippen LogP contribution in [0.2, 0.25) is 10.0 Å². The highest BCUT2D eigenvalue weighted by Gasteiger charge is 2.18. The molecule has 3 aromatic rings. The number of aryl methyl sites for hydroxylation is 1. The van der Waals surface area contributed by atoms with Crippen LogP contribution in [-0.4, -0.2) is 24.0 Å². The molecule has 27 heavy (non-hydrogen) atoms. The Morgan fingerprint density at radius 2 is 1.85 bits per heavy atom. The van der Waals surface area contributed by atoms with Crippen LogP contribution in [0.25, 0.3) is 10.9 Å². The first-order valence-corrected chi connectivity index (χ1v) is 9.10. The molecule has 0 atom stereocenters. The Labute approximate surface area is 166 Å². The molecule has 0 bridgehead atoms. The van der Waals surface area contributed by atoms with E-state index in [0.29, 0.717) is 33.9 Å². The van der Waals surface area contributed by atoms with E-state index in [9.17, 15) is 9.18 Å². The zero-order chi connectivity index (χ0) is 19.6. The maximum absolute atomic E-state index is 13.1. The van der Waals surface area contributed by atoms with E-state index in [2.05, 4.69) is 4.98 Å². The third-order valence-electron chi connectivity index (χ3n) is 4.07. The third-order valence-corrected chi connectivity index (χ3v) is 4.67. The normalized spacial score (nSPS) is 10.9. The first-order chi connectivity index (χ1) is 12.9. The van der Waals surface area contributed by atoms with Crippen LogP contribution in [0.4, 0.5) is 10.1 Å². The maximum atomic E-state index is 13.1. The van der Waals surface area contributed by atoms with Crippen LogP contribution in [0, 0.1) is 12.7 Å². The molecule has 3 rings (SSSR count). The van der Waals surface area contributed by atoms with Gasteiger partial charge in [-0.1, -0.05) is 23.2 Å². The van der Waals surface area contributed by atoms with Crippen LogP contribution in [0.15, 0.2) is 42.5 Å². The summed E-state index contributed by atoms with van der Waals surface area (Å²) in [5.74, 6) is -0.335. The van der Waals surface area contributed by atoms with E-state index in [1.54, 1.807) is 18.2 Å². The fraction of sp³-hybridized carbons (Fsp3) is 0.200. The number of rotatable bonds is 5. The van der Waals surface area contributed by atoms with Gasteiger partial charge in [0.25, 0.3) is 5.91 Å². The molecule has 0 N–H and O–H groups in total. The predicted octanol–water partition coefficient (Wildman–Crippen LogP) is 5.42. The van der Waals surface area contributed by atoms with Crippen LogP contribution in [0.1, 0.15) is 12.6 Å². The zero-order valence-electron chi connectivity index (χ0n) is 14.8. The summed E-state index contributed by atoms with van der Waals surface area (Å²) in [7, 11) is 0. The summed E-state index contributed by atoms with van der Waals surface area (Å²) >= 11 is 12.5. The summed E-state index contributed by atoms with van der Waals surface area (Å²) < 4.78 is 18.9. The van der Waals surface area contributed by atoms with Gasteiger partial charge in [-0.15, -0.1) is 0 Å². The van der Waals surface area contributed by atoms with Crippen LogP contribution in [0.3, 0.4) is 0 Å². The molecule has 0 saturated heterocycles. The molecule has 0 aliphatic rings. The fourth-order valence-corrected chi connectivity index (χ4v) is 3.33. The monoisotopic (exact) mass is 406 g/mol. The van der Waals surface area contributed by atoms with Gasteiger partial charge in [-0.05, 0) is 56.3 Å². The molecule has 1 aromatic heterocycles. The molecule has 140 valence electrons. The molecule has 4 nitrogen and oxygen atoms in total. The average molecular weight is 407 g/mol. The topological polar surface area (TPSA) is 42.4 Å². The van der Waals surface area contributed by atoms with E-state index in [0.717, 1.165) is 5.69 Å². The molecular weight excluding hydrogens is 390 g/mol. The summed E-state index contributed by atoms with van der Waals surface area (Å²) in [6.45, 7) is 3.85. The van der Waals surface area contributed by atoms with Crippen molar-refractivity contribution >= 4 is 45.7 Å². The van der Waals surface area contributed by atoms with E-state index in [-0.39, 0.29) is 23.4 Å². The molecule has 2 aromatic carbocycles. The van der Waals surface area contributed by atoms with E-state index < -0.39 is 0 Å². The molecule has 0 aliphatic carbocycles. The molecular formula is C20H17Cl2FN2O2. The minimum Gasteiger partial charge on any atom is -0.480 e. The number of anilines is 1. The van der Waals surface area contributed by atoms with Crippen molar-refractivity contribution in [3.63, 3.8) is 0 Å². The summed E-state index contributed by atoms with van der Waals surface area (Å²) in [6, 6.07) is 11.0. The molecule has 0 aliphatic heterocycles. The van der Waals surface area contributed by atoms with Crippen LogP contribution in [-0.2, 0) is 4.79 Å². The maximum Gasteiger partial charge on any atom is 0.264 e. The van der Waals surface area contributed by atoms with Crippen molar-refractivity contribution in [3.05, 3.63) is 64.0 Å². The standard InChI is InChI=1S/C20H17Cl2FN2O2/c1-3-25(14-7-5-13(23)6-8-14)18(26)11-27-20-17(22)10-16(21)15-9-4-12(2)24-19(15)20/h4-10H,3,11H2,1-2H3. The van der Waals surface area contributed by atoms with Crippen LogP contribution in [0.5, 0.6) is 5.75 Å². The highest BCUT2D eigenvalue weighted by Crippen LogP contribution is 2.37. The fourth-order valence-electron chi connectivity index (χ4n) is 2.76. The van der Waals surface area contributed by atoms with Gasteiger partial charge < -0.3 is 9.64 Å². The number of amides is 1. The van der Waals surface area contributed by atoms with Crippen molar-refractivity contribution in [1.29, 1.82) is 0 Å². The van der Waals surface area contributed by atoms with E-state index >= 15 is 0 Å². The largest absolute Gasteiger partial charge is 0.480 e. The number of fused-ring (bicyclic) bond motifs is 1. The zero-order valence-corrected chi connectivity index (χ0v) is 16.3. The molecule has 0 unspecified atom stereocenters. The van der Waals surface area contributed by atoms with Crippen LogP contribution < -0.4 is 9.64 Å². The lowest BCUT2D eigenvalue weighted by Crippen LogP contribution is -2.34. The highest BCUT2D eigenvalue weighted by atomic mass is 35.5. The van der Waals surface area contributed by atoms with Crippen molar-refractivity contribution in [1.82, 2.24) is 4.98 Å². The van der Waals surface area contributed by atoms with Gasteiger partial charge in [0.15, 0.2) is 12.4 Å². The Morgan fingerprint density at radius 1 is 1.15 bits per heavy atom.